The summed E-state index contributed by atoms with van der Waals surface area (Å²) in [6.45, 7) is 9.74. The second-order valence-electron chi connectivity index (χ2n) is 5.33. The Balaban J connectivity index is 1.78. The Hall–Kier alpha value is -0.0800. The van der Waals surface area contributed by atoms with E-state index in [4.69, 9.17) is 0 Å². The Morgan fingerprint density at radius 3 is 2.79 bits per heavy atom. The molecule has 1 saturated heterocycles. The van der Waals surface area contributed by atoms with Gasteiger partial charge in [-0.2, -0.15) is 0 Å². The number of piperazine rings is 1. The van der Waals surface area contributed by atoms with Gasteiger partial charge in [0, 0.05) is 32.2 Å². The molecule has 2 nitrogen and oxygen atoms in total. The van der Waals surface area contributed by atoms with E-state index >= 15 is 0 Å². The normalized spacial score (nSPS) is 40.3. The molecule has 1 aliphatic carbocycles. The van der Waals surface area contributed by atoms with Gasteiger partial charge in [-0.1, -0.05) is 13.3 Å². The summed E-state index contributed by atoms with van der Waals surface area (Å²) in [7, 11) is 0. The van der Waals surface area contributed by atoms with E-state index in [1.54, 1.807) is 0 Å². The molecule has 1 N–H and O–H groups in total. The lowest BCUT2D eigenvalue weighted by Crippen LogP contribution is -2.50. The molecule has 0 spiro atoms. The van der Waals surface area contributed by atoms with E-state index < -0.39 is 0 Å². The third-order valence-electron chi connectivity index (χ3n) is 3.94. The van der Waals surface area contributed by atoms with Gasteiger partial charge in [-0.15, -0.1) is 0 Å². The van der Waals surface area contributed by atoms with Crippen LogP contribution in [0.4, 0.5) is 0 Å². The van der Waals surface area contributed by atoms with Gasteiger partial charge in [-0.3, -0.25) is 4.90 Å². The van der Waals surface area contributed by atoms with Gasteiger partial charge >= 0.3 is 0 Å². The molecular weight excluding hydrogens is 172 g/mol. The van der Waals surface area contributed by atoms with Crippen molar-refractivity contribution in [3.8, 4) is 0 Å². The van der Waals surface area contributed by atoms with Crippen LogP contribution in [0.5, 0.6) is 0 Å². The first kappa shape index (κ1) is 10.4. The van der Waals surface area contributed by atoms with Crippen molar-refractivity contribution in [2.75, 3.05) is 26.2 Å². The largest absolute Gasteiger partial charge is 0.314 e. The minimum atomic E-state index is 0.750. The highest BCUT2D eigenvalue weighted by atomic mass is 15.2. The lowest BCUT2D eigenvalue weighted by atomic mass is 10.0. The molecule has 0 amide bonds. The van der Waals surface area contributed by atoms with Gasteiger partial charge in [0.15, 0.2) is 0 Å². The number of nitrogens with one attached hydrogen (secondary N) is 1. The maximum absolute atomic E-state index is 3.46. The molecule has 2 heteroatoms. The van der Waals surface area contributed by atoms with E-state index in [0.717, 1.165) is 17.9 Å². The maximum Gasteiger partial charge on any atom is 0.0193 e. The van der Waals surface area contributed by atoms with Crippen LogP contribution in [-0.4, -0.2) is 37.1 Å². The van der Waals surface area contributed by atoms with Crippen molar-refractivity contribution in [1.82, 2.24) is 10.2 Å². The highest BCUT2D eigenvalue weighted by molar-refractivity contribution is 4.81. The van der Waals surface area contributed by atoms with E-state index in [9.17, 15) is 0 Å². The average molecular weight is 196 g/mol. The third kappa shape index (κ3) is 2.48. The molecule has 3 atom stereocenters. The summed E-state index contributed by atoms with van der Waals surface area (Å²) in [5, 5.41) is 3.46. The van der Waals surface area contributed by atoms with Crippen LogP contribution in [0.2, 0.25) is 0 Å². The van der Waals surface area contributed by atoms with Crippen molar-refractivity contribution in [2.45, 2.75) is 39.2 Å². The van der Waals surface area contributed by atoms with Crippen molar-refractivity contribution in [1.29, 1.82) is 0 Å². The summed E-state index contributed by atoms with van der Waals surface area (Å²) in [5.74, 6) is 1.98. The van der Waals surface area contributed by atoms with Crippen molar-refractivity contribution in [3.63, 3.8) is 0 Å². The number of nitrogens with zero attached hydrogens (tertiary/aromatic N) is 1. The predicted molar refractivity (Wildman–Crippen MR) is 60.4 cm³/mol. The van der Waals surface area contributed by atoms with E-state index in [0.29, 0.717) is 0 Å². The Bertz CT molecular complexity index is 181. The SMILES string of the molecule is CC1CCC(CN2CCNCC2C)C1. The molecule has 0 aromatic rings. The van der Waals surface area contributed by atoms with Crippen molar-refractivity contribution < 1.29 is 0 Å². The smallest absolute Gasteiger partial charge is 0.0193 e. The van der Waals surface area contributed by atoms with E-state index in [1.165, 1.54) is 45.4 Å². The lowest BCUT2D eigenvalue weighted by molar-refractivity contribution is 0.147. The quantitative estimate of drug-likeness (QED) is 0.723. The van der Waals surface area contributed by atoms with E-state index in [1.807, 2.05) is 0 Å². The fourth-order valence-corrected chi connectivity index (χ4v) is 2.98. The first-order chi connectivity index (χ1) is 6.75. The molecule has 2 fully saturated rings. The molecular formula is C12H24N2. The Kier molecular flexibility index (Phi) is 3.45. The molecule has 1 aliphatic heterocycles. The number of rotatable bonds is 2. The van der Waals surface area contributed by atoms with Gasteiger partial charge in [0.05, 0.1) is 0 Å². The Labute approximate surface area is 88.1 Å². The van der Waals surface area contributed by atoms with E-state index in [-0.39, 0.29) is 0 Å². The molecule has 82 valence electrons. The topological polar surface area (TPSA) is 15.3 Å². The number of hydrogen-bond donors (Lipinski definition) is 1. The van der Waals surface area contributed by atoms with Crippen LogP contribution in [0.3, 0.4) is 0 Å². The highest BCUT2D eigenvalue weighted by Crippen LogP contribution is 2.31. The number of hydrogen-bond acceptors (Lipinski definition) is 2. The summed E-state index contributed by atoms with van der Waals surface area (Å²) in [5.41, 5.74) is 0. The second-order valence-corrected chi connectivity index (χ2v) is 5.33. The zero-order chi connectivity index (χ0) is 9.97. The van der Waals surface area contributed by atoms with Crippen LogP contribution in [0.25, 0.3) is 0 Å². The van der Waals surface area contributed by atoms with Crippen LogP contribution < -0.4 is 5.32 Å². The summed E-state index contributed by atoms with van der Waals surface area (Å²) in [6, 6.07) is 0.750. The Morgan fingerprint density at radius 1 is 1.29 bits per heavy atom. The summed E-state index contributed by atoms with van der Waals surface area (Å²) >= 11 is 0. The summed E-state index contributed by atoms with van der Waals surface area (Å²) in [4.78, 5) is 2.68. The zero-order valence-electron chi connectivity index (χ0n) is 9.63. The van der Waals surface area contributed by atoms with Crippen molar-refractivity contribution in [3.05, 3.63) is 0 Å². The molecule has 1 heterocycles. The fourth-order valence-electron chi connectivity index (χ4n) is 2.98. The zero-order valence-corrected chi connectivity index (χ0v) is 9.63. The van der Waals surface area contributed by atoms with Gasteiger partial charge in [0.25, 0.3) is 0 Å². The lowest BCUT2D eigenvalue weighted by Gasteiger charge is -2.35. The Morgan fingerprint density at radius 2 is 2.14 bits per heavy atom. The second kappa shape index (κ2) is 4.63. The first-order valence-electron chi connectivity index (χ1n) is 6.20. The standard InChI is InChI=1S/C12H24N2/c1-10-3-4-12(7-10)9-14-6-5-13-8-11(14)2/h10-13H,3-9H2,1-2H3. The van der Waals surface area contributed by atoms with Gasteiger partial charge < -0.3 is 5.32 Å². The minimum absolute atomic E-state index is 0.750. The maximum atomic E-state index is 3.46. The van der Waals surface area contributed by atoms with Crippen LogP contribution in [0, 0.1) is 11.8 Å². The monoisotopic (exact) mass is 196 g/mol. The fraction of sp³-hybridized carbons (Fsp3) is 1.00. The molecule has 2 aliphatic rings. The summed E-state index contributed by atoms with van der Waals surface area (Å²) < 4.78 is 0. The molecule has 2 rings (SSSR count). The molecule has 3 unspecified atom stereocenters. The molecule has 14 heavy (non-hydrogen) atoms. The summed E-state index contributed by atoms with van der Waals surface area (Å²) in [6.07, 6.45) is 4.40. The third-order valence-corrected chi connectivity index (χ3v) is 3.94. The molecule has 0 radical (unpaired) electrons. The van der Waals surface area contributed by atoms with E-state index in [2.05, 4.69) is 24.1 Å². The van der Waals surface area contributed by atoms with Crippen LogP contribution in [-0.2, 0) is 0 Å². The average Bonchev–Trinajstić information content (AvgIpc) is 2.56. The highest BCUT2D eigenvalue weighted by Gasteiger charge is 2.26. The first-order valence-corrected chi connectivity index (χ1v) is 6.20. The molecule has 1 saturated carbocycles. The molecule has 0 bridgehead atoms. The van der Waals surface area contributed by atoms with Crippen LogP contribution in [0.15, 0.2) is 0 Å². The van der Waals surface area contributed by atoms with Crippen LogP contribution in [0.1, 0.15) is 33.1 Å². The van der Waals surface area contributed by atoms with Gasteiger partial charge in [-0.05, 0) is 31.6 Å². The van der Waals surface area contributed by atoms with Crippen molar-refractivity contribution >= 4 is 0 Å². The van der Waals surface area contributed by atoms with Gasteiger partial charge in [0.2, 0.25) is 0 Å². The van der Waals surface area contributed by atoms with Crippen molar-refractivity contribution in [2.24, 2.45) is 11.8 Å². The predicted octanol–water partition coefficient (Wildman–Crippen LogP) is 1.72. The minimum Gasteiger partial charge on any atom is -0.314 e. The van der Waals surface area contributed by atoms with Crippen LogP contribution >= 0.6 is 0 Å². The molecule has 0 aromatic carbocycles. The van der Waals surface area contributed by atoms with Gasteiger partial charge in [0.1, 0.15) is 0 Å². The molecule has 0 aromatic heterocycles. The van der Waals surface area contributed by atoms with Gasteiger partial charge in [-0.25, -0.2) is 0 Å².